The quantitative estimate of drug-likeness (QED) is 0.778. The second kappa shape index (κ2) is 5.97. The number of hydrogen-bond acceptors (Lipinski definition) is 5. The molecular formula is C22H29NO4. The van der Waals surface area contributed by atoms with Gasteiger partial charge in [-0.05, 0) is 62.3 Å². The number of nitrogens with zero attached hydrogens (tertiary/aromatic N) is 1. The summed E-state index contributed by atoms with van der Waals surface area (Å²) in [6.45, 7) is 8.06. The number of phenolic OH excluding ortho intramolecular Hbond substituents is 1. The largest absolute Gasteiger partial charge is 0.504 e. The van der Waals surface area contributed by atoms with Gasteiger partial charge in [0.05, 0.1) is 11.5 Å². The van der Waals surface area contributed by atoms with Gasteiger partial charge in [0.1, 0.15) is 12.2 Å². The molecule has 2 bridgehead atoms. The van der Waals surface area contributed by atoms with Crippen molar-refractivity contribution in [1.82, 2.24) is 4.90 Å². The molecule has 5 atom stereocenters. The Labute approximate surface area is 160 Å². The Morgan fingerprint density at radius 2 is 2.22 bits per heavy atom. The molecule has 2 fully saturated rings. The van der Waals surface area contributed by atoms with Crippen LogP contribution >= 0.6 is 0 Å². The van der Waals surface area contributed by atoms with Crippen molar-refractivity contribution in [3.63, 3.8) is 0 Å². The van der Waals surface area contributed by atoms with E-state index < -0.39 is 11.5 Å². The molecule has 2 heterocycles. The maximum atomic E-state index is 11.6. The van der Waals surface area contributed by atoms with Crippen LogP contribution in [0.1, 0.15) is 37.3 Å². The van der Waals surface area contributed by atoms with Gasteiger partial charge in [0, 0.05) is 25.3 Å². The second-order valence-corrected chi connectivity index (χ2v) is 8.93. The lowest BCUT2D eigenvalue weighted by molar-refractivity contribution is -0.110. The maximum absolute atomic E-state index is 11.6. The van der Waals surface area contributed by atoms with E-state index in [-0.39, 0.29) is 24.0 Å². The van der Waals surface area contributed by atoms with Crippen molar-refractivity contribution < 1.29 is 19.7 Å². The van der Waals surface area contributed by atoms with E-state index in [0.29, 0.717) is 5.75 Å². The lowest BCUT2D eigenvalue weighted by Crippen LogP contribution is -2.68. The zero-order valence-corrected chi connectivity index (χ0v) is 16.1. The molecule has 4 aliphatic rings. The smallest absolute Gasteiger partial charge is 0.165 e. The number of piperidine rings is 1. The predicted molar refractivity (Wildman–Crippen MR) is 102 cm³/mol. The summed E-state index contributed by atoms with van der Waals surface area (Å²) in [5, 5.41) is 22.1. The molecule has 0 amide bonds. The van der Waals surface area contributed by atoms with Crippen LogP contribution in [0, 0.1) is 5.92 Å². The number of likely N-dealkylation sites (tertiary alicyclic amines) is 1. The van der Waals surface area contributed by atoms with Crippen molar-refractivity contribution in [3.8, 4) is 11.5 Å². The zero-order valence-electron chi connectivity index (χ0n) is 16.1. The van der Waals surface area contributed by atoms with Crippen LogP contribution in [0.3, 0.4) is 0 Å². The highest BCUT2D eigenvalue weighted by atomic mass is 16.5. The minimum absolute atomic E-state index is 0.0936. The number of benzene rings is 1. The van der Waals surface area contributed by atoms with Gasteiger partial charge in [-0.3, -0.25) is 4.90 Å². The lowest BCUT2D eigenvalue weighted by atomic mass is 9.59. The number of aliphatic hydroxyl groups is 1. The molecule has 5 nitrogen and oxygen atoms in total. The summed E-state index contributed by atoms with van der Waals surface area (Å²) in [6, 6.07) is 3.83. The molecule has 1 saturated heterocycles. The molecule has 2 aliphatic heterocycles. The number of hydrogen-bond donors (Lipinski definition) is 2. The van der Waals surface area contributed by atoms with Crippen LogP contribution in [0.5, 0.6) is 11.5 Å². The summed E-state index contributed by atoms with van der Waals surface area (Å²) >= 11 is 0. The van der Waals surface area contributed by atoms with Gasteiger partial charge in [-0.1, -0.05) is 12.6 Å². The Bertz CT molecular complexity index is 789. The van der Waals surface area contributed by atoms with Crippen LogP contribution in [-0.2, 0) is 16.6 Å². The Morgan fingerprint density at radius 3 is 2.89 bits per heavy atom. The lowest BCUT2D eigenvalue weighted by Gasteiger charge is -2.54. The average molecular weight is 371 g/mol. The highest BCUT2D eigenvalue weighted by Crippen LogP contribution is 2.59. The molecule has 1 spiro atoms. The van der Waals surface area contributed by atoms with Crippen molar-refractivity contribution >= 4 is 0 Å². The van der Waals surface area contributed by atoms with E-state index >= 15 is 0 Å². The molecule has 146 valence electrons. The van der Waals surface area contributed by atoms with Gasteiger partial charge in [0.15, 0.2) is 11.5 Å². The molecule has 1 unspecified atom stereocenters. The van der Waals surface area contributed by atoms with Gasteiger partial charge in [-0.15, -0.1) is 0 Å². The molecule has 2 aliphatic carbocycles. The fourth-order valence-corrected chi connectivity index (χ4v) is 5.80. The molecule has 0 aromatic heterocycles. The van der Waals surface area contributed by atoms with Crippen LogP contribution in [0.2, 0.25) is 0 Å². The first kappa shape index (κ1) is 17.5. The van der Waals surface area contributed by atoms with Crippen LogP contribution in [0.25, 0.3) is 0 Å². The number of methoxy groups -OCH3 is 1. The summed E-state index contributed by atoms with van der Waals surface area (Å²) in [5.41, 5.74) is 2.52. The molecular weight excluding hydrogens is 342 g/mol. The Morgan fingerprint density at radius 1 is 1.44 bits per heavy atom. The topological polar surface area (TPSA) is 62.2 Å². The van der Waals surface area contributed by atoms with Crippen LogP contribution in [0.4, 0.5) is 0 Å². The second-order valence-electron chi connectivity index (χ2n) is 8.93. The molecule has 5 heteroatoms. The highest BCUT2D eigenvalue weighted by molar-refractivity contribution is 5.61. The molecule has 0 radical (unpaired) electrons. The van der Waals surface area contributed by atoms with E-state index in [0.717, 1.165) is 43.0 Å². The molecule has 1 aromatic carbocycles. The highest BCUT2D eigenvalue weighted by Gasteiger charge is 2.64. The third kappa shape index (κ3) is 2.35. The monoisotopic (exact) mass is 371 g/mol. The first-order valence-corrected chi connectivity index (χ1v) is 10.1. The van der Waals surface area contributed by atoms with Gasteiger partial charge in [-0.25, -0.2) is 0 Å². The minimum atomic E-state index is -0.550. The summed E-state index contributed by atoms with van der Waals surface area (Å²) < 4.78 is 12.1. The number of ether oxygens (including phenoxy) is 2. The molecule has 27 heavy (non-hydrogen) atoms. The standard InChI is InChI=1S/C22H29NO4/c1-12(2)18(26-3)21-22-8-9-23(11-13-4-5-13)15(20(22)25)10-14-6-7-16(24)19(27-21)17(14)22/h6-7,13,15,18,20-21,24-25H,1,4-5,8-11H2,2-3H3/t15-,18?,20-,21+,22-/m1/s1. The van der Waals surface area contributed by atoms with Crippen molar-refractivity contribution in [2.45, 2.75) is 62.4 Å². The Hall–Kier alpha value is -1.56. The van der Waals surface area contributed by atoms with E-state index in [4.69, 9.17) is 9.47 Å². The van der Waals surface area contributed by atoms with Crippen molar-refractivity contribution in [2.24, 2.45) is 5.92 Å². The minimum Gasteiger partial charge on any atom is -0.504 e. The van der Waals surface area contributed by atoms with Crippen molar-refractivity contribution in [2.75, 3.05) is 20.2 Å². The summed E-state index contributed by atoms with van der Waals surface area (Å²) in [6.07, 6.45) is 2.99. The van der Waals surface area contributed by atoms with Gasteiger partial charge in [0.25, 0.3) is 0 Å². The number of aromatic hydroxyl groups is 1. The number of rotatable bonds is 5. The van der Waals surface area contributed by atoms with E-state index in [9.17, 15) is 10.2 Å². The van der Waals surface area contributed by atoms with E-state index in [2.05, 4.69) is 11.5 Å². The van der Waals surface area contributed by atoms with Crippen LogP contribution in [-0.4, -0.2) is 59.7 Å². The molecule has 5 rings (SSSR count). The van der Waals surface area contributed by atoms with Crippen LogP contribution < -0.4 is 4.74 Å². The summed E-state index contributed by atoms with van der Waals surface area (Å²) in [7, 11) is 1.66. The predicted octanol–water partition coefficient (Wildman–Crippen LogP) is 2.38. The third-order valence-electron chi connectivity index (χ3n) is 7.25. The third-order valence-corrected chi connectivity index (χ3v) is 7.25. The zero-order chi connectivity index (χ0) is 18.9. The van der Waals surface area contributed by atoms with Crippen LogP contribution in [0.15, 0.2) is 24.3 Å². The fourth-order valence-electron chi connectivity index (χ4n) is 5.80. The van der Waals surface area contributed by atoms with E-state index in [1.165, 1.54) is 18.4 Å². The van der Waals surface area contributed by atoms with E-state index in [1.54, 1.807) is 13.2 Å². The summed E-state index contributed by atoms with van der Waals surface area (Å²) in [4.78, 5) is 2.49. The average Bonchev–Trinajstić information content (AvgIpc) is 3.38. The molecule has 2 N–H and O–H groups in total. The van der Waals surface area contributed by atoms with Gasteiger partial charge in [-0.2, -0.15) is 0 Å². The normalized spacial score (nSPS) is 35.4. The molecule has 1 aromatic rings. The van der Waals surface area contributed by atoms with Gasteiger partial charge < -0.3 is 19.7 Å². The number of phenols is 1. The maximum Gasteiger partial charge on any atom is 0.165 e. The first-order valence-electron chi connectivity index (χ1n) is 10.1. The number of aliphatic hydroxyl groups excluding tert-OH is 1. The van der Waals surface area contributed by atoms with Gasteiger partial charge >= 0.3 is 0 Å². The Kier molecular flexibility index (Phi) is 3.87. The van der Waals surface area contributed by atoms with Crippen molar-refractivity contribution in [1.29, 1.82) is 0 Å². The summed E-state index contributed by atoms with van der Waals surface area (Å²) in [5.74, 6) is 1.48. The van der Waals surface area contributed by atoms with Crippen molar-refractivity contribution in [3.05, 3.63) is 35.4 Å². The van der Waals surface area contributed by atoms with Gasteiger partial charge in [0.2, 0.25) is 0 Å². The SMILES string of the molecule is C=C(C)C(OC)[C@@H]1Oc2c(O)ccc3c2[C@@]12CCN(CC1CC1)[C@H](C3)[C@H]2O. The molecule has 1 saturated carbocycles. The van der Waals surface area contributed by atoms with E-state index in [1.807, 2.05) is 13.0 Å². The first-order chi connectivity index (χ1) is 13.0. The fraction of sp³-hybridized carbons (Fsp3) is 0.636. The Balaban J connectivity index is 1.63. The number of fused-ring (bicyclic) bond motifs is 1.